The van der Waals surface area contributed by atoms with E-state index in [-0.39, 0.29) is 5.91 Å². The van der Waals surface area contributed by atoms with Gasteiger partial charge in [0.05, 0.1) is 6.04 Å². The first-order chi connectivity index (χ1) is 7.24. The van der Waals surface area contributed by atoms with Crippen LogP contribution in [0.3, 0.4) is 0 Å². The molecule has 0 aromatic carbocycles. The minimum Gasteiger partial charge on any atom is -0.320 e. The Kier molecular flexibility index (Phi) is 5.14. The number of pyridine rings is 1. The van der Waals surface area contributed by atoms with Crippen LogP contribution >= 0.6 is 11.8 Å². The molecule has 0 aliphatic heterocycles. The van der Waals surface area contributed by atoms with Crippen molar-refractivity contribution in [2.45, 2.75) is 12.5 Å². The SMILES string of the molecule is CSCC[C@@H](N)C(=O)Nc1ccccn1. The highest BCUT2D eigenvalue weighted by molar-refractivity contribution is 7.98. The van der Waals surface area contributed by atoms with E-state index in [0.29, 0.717) is 12.2 Å². The van der Waals surface area contributed by atoms with Crippen LogP contribution in [0, 0.1) is 0 Å². The van der Waals surface area contributed by atoms with E-state index in [1.165, 1.54) is 0 Å². The van der Waals surface area contributed by atoms with Gasteiger partial charge in [-0.1, -0.05) is 6.07 Å². The first-order valence-electron chi connectivity index (χ1n) is 4.70. The van der Waals surface area contributed by atoms with E-state index in [9.17, 15) is 4.79 Å². The number of aromatic nitrogens is 1. The summed E-state index contributed by atoms with van der Waals surface area (Å²) in [5.41, 5.74) is 5.70. The Balaban J connectivity index is 2.42. The molecule has 0 unspecified atom stereocenters. The van der Waals surface area contributed by atoms with Gasteiger partial charge in [-0.2, -0.15) is 11.8 Å². The van der Waals surface area contributed by atoms with Crippen molar-refractivity contribution in [3.63, 3.8) is 0 Å². The molecule has 0 fully saturated rings. The van der Waals surface area contributed by atoms with Crippen molar-refractivity contribution in [1.29, 1.82) is 0 Å². The average Bonchev–Trinajstić information content (AvgIpc) is 2.27. The number of nitrogens with two attached hydrogens (primary N) is 1. The molecular weight excluding hydrogens is 210 g/mol. The predicted molar refractivity (Wildman–Crippen MR) is 63.8 cm³/mol. The van der Waals surface area contributed by atoms with Crippen molar-refractivity contribution >= 4 is 23.5 Å². The molecule has 4 nitrogen and oxygen atoms in total. The minimum absolute atomic E-state index is 0.178. The van der Waals surface area contributed by atoms with Crippen LogP contribution in [0.25, 0.3) is 0 Å². The lowest BCUT2D eigenvalue weighted by Crippen LogP contribution is -2.36. The maximum absolute atomic E-state index is 11.5. The zero-order valence-electron chi connectivity index (χ0n) is 8.64. The summed E-state index contributed by atoms with van der Waals surface area (Å²) in [5.74, 6) is 1.25. The molecule has 0 aliphatic carbocycles. The van der Waals surface area contributed by atoms with Crippen molar-refractivity contribution in [2.75, 3.05) is 17.3 Å². The Morgan fingerprint density at radius 1 is 1.67 bits per heavy atom. The van der Waals surface area contributed by atoms with Gasteiger partial charge in [-0.3, -0.25) is 4.79 Å². The van der Waals surface area contributed by atoms with Gasteiger partial charge in [-0.25, -0.2) is 4.98 Å². The molecular formula is C10H15N3OS. The third kappa shape index (κ3) is 4.31. The molecule has 1 amide bonds. The summed E-state index contributed by atoms with van der Waals surface area (Å²) in [4.78, 5) is 15.5. The van der Waals surface area contributed by atoms with Gasteiger partial charge in [0.15, 0.2) is 0 Å². The maximum Gasteiger partial charge on any atom is 0.242 e. The van der Waals surface area contributed by atoms with Crippen molar-refractivity contribution in [3.8, 4) is 0 Å². The van der Waals surface area contributed by atoms with E-state index in [4.69, 9.17) is 5.73 Å². The normalized spacial score (nSPS) is 12.1. The second-order valence-corrected chi connectivity index (χ2v) is 4.08. The van der Waals surface area contributed by atoms with Gasteiger partial charge < -0.3 is 11.1 Å². The predicted octanol–water partition coefficient (Wildman–Crippen LogP) is 1.10. The molecule has 0 spiro atoms. The van der Waals surface area contributed by atoms with E-state index >= 15 is 0 Å². The molecule has 0 aliphatic rings. The number of carbonyl (C=O) groups excluding carboxylic acids is 1. The Morgan fingerprint density at radius 2 is 2.47 bits per heavy atom. The summed E-state index contributed by atoms with van der Waals surface area (Å²) >= 11 is 1.68. The highest BCUT2D eigenvalue weighted by Gasteiger charge is 2.12. The summed E-state index contributed by atoms with van der Waals surface area (Å²) in [7, 11) is 0. The number of hydrogen-bond acceptors (Lipinski definition) is 4. The lowest BCUT2D eigenvalue weighted by molar-refractivity contribution is -0.117. The molecule has 1 aromatic rings. The van der Waals surface area contributed by atoms with Crippen LogP contribution in [0.5, 0.6) is 0 Å². The van der Waals surface area contributed by atoms with Gasteiger partial charge in [0.25, 0.3) is 0 Å². The molecule has 0 saturated carbocycles. The van der Waals surface area contributed by atoms with E-state index in [2.05, 4.69) is 10.3 Å². The van der Waals surface area contributed by atoms with Crippen molar-refractivity contribution in [1.82, 2.24) is 4.98 Å². The molecule has 82 valence electrons. The Labute approximate surface area is 93.7 Å². The van der Waals surface area contributed by atoms with Crippen LogP contribution in [0.2, 0.25) is 0 Å². The van der Waals surface area contributed by atoms with Gasteiger partial charge in [0, 0.05) is 6.20 Å². The topological polar surface area (TPSA) is 68.0 Å². The summed E-state index contributed by atoms with van der Waals surface area (Å²) in [6.07, 6.45) is 4.30. The number of thioether (sulfide) groups is 1. The lowest BCUT2D eigenvalue weighted by atomic mass is 10.2. The number of amides is 1. The number of nitrogens with one attached hydrogen (secondary N) is 1. The third-order valence-corrected chi connectivity index (χ3v) is 2.53. The molecule has 1 atom stereocenters. The minimum atomic E-state index is -0.459. The van der Waals surface area contributed by atoms with Crippen LogP contribution in [0.1, 0.15) is 6.42 Å². The van der Waals surface area contributed by atoms with E-state index < -0.39 is 6.04 Å². The molecule has 1 aromatic heterocycles. The standard InChI is InChI=1S/C10H15N3OS/c1-15-7-5-8(11)10(14)13-9-4-2-3-6-12-9/h2-4,6,8H,5,7,11H2,1H3,(H,12,13,14)/t8-/m1/s1. The van der Waals surface area contributed by atoms with Crippen LogP contribution in [-0.2, 0) is 4.79 Å². The van der Waals surface area contributed by atoms with E-state index in [1.54, 1.807) is 30.1 Å². The second-order valence-electron chi connectivity index (χ2n) is 3.09. The van der Waals surface area contributed by atoms with Crippen molar-refractivity contribution in [2.24, 2.45) is 5.73 Å². The molecule has 0 radical (unpaired) electrons. The highest BCUT2D eigenvalue weighted by Crippen LogP contribution is 2.03. The number of nitrogens with zero attached hydrogens (tertiary/aromatic N) is 1. The molecule has 5 heteroatoms. The monoisotopic (exact) mass is 225 g/mol. The fraction of sp³-hybridized carbons (Fsp3) is 0.400. The van der Waals surface area contributed by atoms with E-state index in [0.717, 1.165) is 5.75 Å². The van der Waals surface area contributed by atoms with Gasteiger partial charge in [-0.15, -0.1) is 0 Å². The lowest BCUT2D eigenvalue weighted by Gasteiger charge is -2.10. The van der Waals surface area contributed by atoms with Crippen molar-refractivity contribution in [3.05, 3.63) is 24.4 Å². The first kappa shape index (κ1) is 12.0. The molecule has 0 bridgehead atoms. The third-order valence-electron chi connectivity index (χ3n) is 1.89. The largest absolute Gasteiger partial charge is 0.320 e. The maximum atomic E-state index is 11.5. The summed E-state index contributed by atoms with van der Waals surface area (Å²) in [6.45, 7) is 0. The summed E-state index contributed by atoms with van der Waals surface area (Å²) in [6, 6.07) is 4.89. The fourth-order valence-electron chi connectivity index (χ4n) is 1.03. The van der Waals surface area contributed by atoms with Gasteiger partial charge in [0.2, 0.25) is 5.91 Å². The van der Waals surface area contributed by atoms with Crippen LogP contribution in [0.15, 0.2) is 24.4 Å². The zero-order valence-corrected chi connectivity index (χ0v) is 9.46. The first-order valence-corrected chi connectivity index (χ1v) is 6.10. The van der Waals surface area contributed by atoms with E-state index in [1.807, 2.05) is 12.3 Å². The van der Waals surface area contributed by atoms with Crippen LogP contribution in [0.4, 0.5) is 5.82 Å². The molecule has 0 saturated heterocycles. The van der Waals surface area contributed by atoms with Crippen molar-refractivity contribution < 1.29 is 4.79 Å². The summed E-state index contributed by atoms with van der Waals surface area (Å²) in [5, 5.41) is 2.67. The zero-order chi connectivity index (χ0) is 11.1. The van der Waals surface area contributed by atoms with Crippen LogP contribution < -0.4 is 11.1 Å². The molecule has 3 N–H and O–H groups in total. The van der Waals surface area contributed by atoms with Crippen LogP contribution in [-0.4, -0.2) is 28.9 Å². The number of carbonyl (C=O) groups is 1. The second kappa shape index (κ2) is 6.42. The van der Waals surface area contributed by atoms with Gasteiger partial charge in [-0.05, 0) is 30.6 Å². The Morgan fingerprint density at radius 3 is 3.07 bits per heavy atom. The molecule has 15 heavy (non-hydrogen) atoms. The Hall–Kier alpha value is -1.07. The Bertz CT molecular complexity index is 305. The van der Waals surface area contributed by atoms with Gasteiger partial charge in [0.1, 0.15) is 5.82 Å². The average molecular weight is 225 g/mol. The number of anilines is 1. The summed E-state index contributed by atoms with van der Waals surface area (Å²) < 4.78 is 0. The number of rotatable bonds is 5. The quantitative estimate of drug-likeness (QED) is 0.787. The molecule has 1 rings (SSSR count). The fourth-order valence-corrected chi connectivity index (χ4v) is 1.52. The highest BCUT2D eigenvalue weighted by atomic mass is 32.2. The number of hydrogen-bond donors (Lipinski definition) is 2. The molecule has 1 heterocycles. The smallest absolute Gasteiger partial charge is 0.242 e. The van der Waals surface area contributed by atoms with Gasteiger partial charge >= 0.3 is 0 Å².